The minimum atomic E-state index is -0.727. The molecule has 1 aromatic heterocycles. The molecule has 1 aliphatic rings. The molecular weight excluding hydrogens is 512 g/mol. The van der Waals surface area contributed by atoms with Crippen LogP contribution in [0.3, 0.4) is 0 Å². The van der Waals surface area contributed by atoms with E-state index in [9.17, 15) is 14.7 Å². The van der Waals surface area contributed by atoms with Crippen molar-refractivity contribution in [1.29, 1.82) is 0 Å². The first kappa shape index (κ1) is 26.6. The molecule has 1 fully saturated rings. The minimum absolute atomic E-state index is 0.0555. The number of fused-ring (bicyclic) bond motifs is 1. The number of amides is 1. The molecule has 0 spiro atoms. The third-order valence-corrected chi connectivity index (χ3v) is 7.60. The number of H-pyrrole nitrogens is 1. The Balaban J connectivity index is 1.56. The standard InChI is InChI=1S/C32H31ClN2O4/c1-32(2,3)22-9-5-19(6-10-22)28-27(29(36)20-7-11-23(33)12-8-20)30(37)31(38)35(28)16-15-21-18-34-26-14-13-24(39-4)17-25(21)26/h5-14,17-18,28,34,36H,15-16H2,1-4H3/t28-/m1/s1. The van der Waals surface area contributed by atoms with Crippen LogP contribution in [0.15, 0.2) is 78.5 Å². The maximum atomic E-state index is 13.4. The van der Waals surface area contributed by atoms with Gasteiger partial charge in [0.15, 0.2) is 0 Å². The average Bonchev–Trinajstić information content (AvgIpc) is 3.44. The number of halogens is 1. The van der Waals surface area contributed by atoms with Gasteiger partial charge in [0.05, 0.1) is 18.7 Å². The van der Waals surface area contributed by atoms with Gasteiger partial charge in [-0.25, -0.2) is 0 Å². The lowest BCUT2D eigenvalue weighted by molar-refractivity contribution is -0.139. The zero-order valence-corrected chi connectivity index (χ0v) is 23.2. The summed E-state index contributed by atoms with van der Waals surface area (Å²) < 4.78 is 5.39. The first-order valence-electron chi connectivity index (χ1n) is 12.9. The van der Waals surface area contributed by atoms with Gasteiger partial charge in [-0.1, -0.05) is 56.6 Å². The number of aliphatic hydroxyl groups excluding tert-OH is 1. The van der Waals surface area contributed by atoms with Crippen LogP contribution in [-0.2, 0) is 21.4 Å². The van der Waals surface area contributed by atoms with Crippen LogP contribution >= 0.6 is 11.6 Å². The zero-order valence-electron chi connectivity index (χ0n) is 22.4. The lowest BCUT2D eigenvalue weighted by atomic mass is 9.85. The van der Waals surface area contributed by atoms with Gasteiger partial charge in [0.25, 0.3) is 11.7 Å². The normalized spacial score (nSPS) is 17.3. The Bertz CT molecular complexity index is 1580. The smallest absolute Gasteiger partial charge is 0.295 e. The summed E-state index contributed by atoms with van der Waals surface area (Å²) in [6, 6.07) is 19.6. The Kier molecular flexibility index (Phi) is 7.00. The Hall–Kier alpha value is -4.03. The maximum Gasteiger partial charge on any atom is 0.295 e. The summed E-state index contributed by atoms with van der Waals surface area (Å²) in [6.07, 6.45) is 2.43. The maximum absolute atomic E-state index is 13.4. The van der Waals surface area contributed by atoms with Crippen LogP contribution in [0, 0.1) is 0 Å². The first-order chi connectivity index (χ1) is 18.6. The summed E-state index contributed by atoms with van der Waals surface area (Å²) in [6.45, 7) is 6.68. The highest BCUT2D eigenvalue weighted by molar-refractivity contribution is 6.46. The number of methoxy groups -OCH3 is 1. The number of carbonyl (C=O) groups excluding carboxylic acids is 2. The van der Waals surface area contributed by atoms with Crippen molar-refractivity contribution >= 4 is 40.0 Å². The van der Waals surface area contributed by atoms with E-state index in [-0.39, 0.29) is 23.3 Å². The van der Waals surface area contributed by atoms with Crippen LogP contribution in [0.4, 0.5) is 0 Å². The highest BCUT2D eigenvalue weighted by atomic mass is 35.5. The summed E-state index contributed by atoms with van der Waals surface area (Å²) in [5, 5.41) is 12.8. The second-order valence-corrected chi connectivity index (χ2v) is 11.3. The Labute approximate surface area is 232 Å². The average molecular weight is 543 g/mol. The summed E-state index contributed by atoms with van der Waals surface area (Å²) in [7, 11) is 1.62. The first-order valence-corrected chi connectivity index (χ1v) is 13.2. The third-order valence-electron chi connectivity index (χ3n) is 7.35. The van der Waals surface area contributed by atoms with Crippen molar-refractivity contribution in [2.24, 2.45) is 0 Å². The number of nitrogens with zero attached hydrogens (tertiary/aromatic N) is 1. The van der Waals surface area contributed by atoms with Gasteiger partial charge in [-0.3, -0.25) is 9.59 Å². The topological polar surface area (TPSA) is 82.6 Å². The van der Waals surface area contributed by atoms with Crippen molar-refractivity contribution in [2.75, 3.05) is 13.7 Å². The van der Waals surface area contributed by atoms with Crippen molar-refractivity contribution < 1.29 is 19.4 Å². The summed E-state index contributed by atoms with van der Waals surface area (Å²) in [5.41, 5.74) is 4.31. The van der Waals surface area contributed by atoms with Crippen molar-refractivity contribution in [2.45, 2.75) is 38.6 Å². The summed E-state index contributed by atoms with van der Waals surface area (Å²) in [4.78, 5) is 31.7. The van der Waals surface area contributed by atoms with Crippen molar-refractivity contribution in [3.8, 4) is 5.75 Å². The van der Waals surface area contributed by atoms with Crippen LogP contribution in [-0.4, -0.2) is 40.3 Å². The van der Waals surface area contributed by atoms with E-state index in [1.807, 2.05) is 48.7 Å². The van der Waals surface area contributed by atoms with Crippen LogP contribution in [0.1, 0.15) is 49.1 Å². The van der Waals surface area contributed by atoms with Crippen molar-refractivity contribution in [1.82, 2.24) is 9.88 Å². The van der Waals surface area contributed by atoms with E-state index in [2.05, 4.69) is 25.8 Å². The lowest BCUT2D eigenvalue weighted by Crippen LogP contribution is -2.31. The summed E-state index contributed by atoms with van der Waals surface area (Å²) in [5.74, 6) is -0.805. The highest BCUT2D eigenvalue weighted by Gasteiger charge is 2.46. The number of ketones is 1. The number of aromatic nitrogens is 1. The Morgan fingerprint density at radius 1 is 1.03 bits per heavy atom. The number of aliphatic hydroxyl groups is 1. The van der Waals surface area contributed by atoms with Gasteiger partial charge >= 0.3 is 0 Å². The van der Waals surface area contributed by atoms with Gasteiger partial charge in [0.1, 0.15) is 11.5 Å². The SMILES string of the molecule is COc1ccc2[nH]cc(CCN3C(=O)C(=O)C(=C(O)c4ccc(Cl)cc4)[C@H]3c3ccc(C(C)(C)C)cc3)c2c1. The van der Waals surface area contributed by atoms with Crippen molar-refractivity contribution in [3.05, 3.63) is 106 Å². The minimum Gasteiger partial charge on any atom is -0.507 e. The van der Waals surface area contributed by atoms with Gasteiger partial charge in [-0.05, 0) is 71.0 Å². The molecule has 2 N–H and O–H groups in total. The zero-order chi connectivity index (χ0) is 27.9. The van der Waals surface area contributed by atoms with E-state index >= 15 is 0 Å². The number of rotatable bonds is 6. The largest absolute Gasteiger partial charge is 0.507 e. The Morgan fingerprint density at radius 2 is 1.72 bits per heavy atom. The van der Waals surface area contributed by atoms with Crippen molar-refractivity contribution in [3.63, 3.8) is 0 Å². The fourth-order valence-electron chi connectivity index (χ4n) is 5.12. The fraction of sp³-hybridized carbons (Fsp3) is 0.250. The molecular formula is C32H31ClN2O4. The predicted molar refractivity (Wildman–Crippen MR) is 154 cm³/mol. The second kappa shape index (κ2) is 10.3. The van der Waals surface area contributed by atoms with Gasteiger partial charge in [-0.2, -0.15) is 0 Å². The van der Waals surface area contributed by atoms with E-state index in [0.717, 1.165) is 33.3 Å². The number of ether oxygens (including phenoxy) is 1. The molecule has 39 heavy (non-hydrogen) atoms. The number of Topliss-reactive ketones (excluding diaryl/α,β-unsaturated/α-hetero) is 1. The molecule has 0 radical (unpaired) electrons. The van der Waals surface area contributed by atoms with E-state index in [1.54, 1.807) is 36.3 Å². The molecule has 2 heterocycles. The second-order valence-electron chi connectivity index (χ2n) is 10.8. The Morgan fingerprint density at radius 3 is 2.36 bits per heavy atom. The number of aromatic amines is 1. The molecule has 6 nitrogen and oxygen atoms in total. The lowest BCUT2D eigenvalue weighted by Gasteiger charge is -2.26. The van der Waals surface area contributed by atoms with Crippen LogP contribution in [0.25, 0.3) is 16.7 Å². The molecule has 7 heteroatoms. The molecule has 0 unspecified atom stereocenters. The predicted octanol–water partition coefficient (Wildman–Crippen LogP) is 6.79. The number of hydrogen-bond acceptors (Lipinski definition) is 4. The molecule has 5 rings (SSSR count). The van der Waals surface area contributed by atoms with Crippen LogP contribution in [0.5, 0.6) is 5.75 Å². The molecule has 0 bridgehead atoms. The van der Waals surface area contributed by atoms with E-state index in [4.69, 9.17) is 16.3 Å². The summed E-state index contributed by atoms with van der Waals surface area (Å²) >= 11 is 6.04. The number of carbonyl (C=O) groups is 2. The van der Waals surface area contributed by atoms with Gasteiger partial charge < -0.3 is 19.7 Å². The number of benzene rings is 3. The van der Waals surface area contributed by atoms with Gasteiger partial charge in [0, 0.05) is 34.2 Å². The van der Waals surface area contributed by atoms with Gasteiger partial charge in [-0.15, -0.1) is 0 Å². The monoisotopic (exact) mass is 542 g/mol. The molecule has 1 atom stereocenters. The molecule has 3 aromatic carbocycles. The van der Waals surface area contributed by atoms with E-state index < -0.39 is 17.7 Å². The number of likely N-dealkylation sites (tertiary alicyclic amines) is 1. The molecule has 4 aromatic rings. The molecule has 0 saturated carbocycles. The number of nitrogens with one attached hydrogen (secondary N) is 1. The van der Waals surface area contributed by atoms with Gasteiger partial charge in [0.2, 0.25) is 0 Å². The third kappa shape index (κ3) is 5.04. The molecule has 1 saturated heterocycles. The quantitative estimate of drug-likeness (QED) is 0.160. The molecule has 200 valence electrons. The van der Waals surface area contributed by atoms with E-state index in [1.165, 1.54) is 0 Å². The van der Waals surface area contributed by atoms with Crippen LogP contribution < -0.4 is 4.74 Å². The van der Waals surface area contributed by atoms with Crippen LogP contribution in [0.2, 0.25) is 5.02 Å². The van der Waals surface area contributed by atoms with E-state index in [0.29, 0.717) is 17.0 Å². The molecule has 0 aliphatic carbocycles. The number of hydrogen-bond donors (Lipinski definition) is 2. The molecule has 1 aliphatic heterocycles. The highest BCUT2D eigenvalue weighted by Crippen LogP contribution is 2.40. The molecule has 1 amide bonds. The fourth-order valence-corrected chi connectivity index (χ4v) is 5.24.